The summed E-state index contributed by atoms with van der Waals surface area (Å²) in [5.41, 5.74) is 0.706. The van der Waals surface area contributed by atoms with Gasteiger partial charge in [-0.2, -0.15) is 0 Å². The Morgan fingerprint density at radius 1 is 1.50 bits per heavy atom. The highest BCUT2D eigenvalue weighted by Gasteiger charge is 2.20. The van der Waals surface area contributed by atoms with Crippen LogP contribution in [0.25, 0.3) is 0 Å². The largest absolute Gasteiger partial charge is 0.356 e. The van der Waals surface area contributed by atoms with E-state index in [9.17, 15) is 4.79 Å². The van der Waals surface area contributed by atoms with Gasteiger partial charge in [-0.1, -0.05) is 13.3 Å². The Labute approximate surface area is 96.5 Å². The van der Waals surface area contributed by atoms with E-state index < -0.39 is 0 Å². The Morgan fingerprint density at radius 2 is 2.25 bits per heavy atom. The van der Waals surface area contributed by atoms with Gasteiger partial charge in [0.05, 0.1) is 5.56 Å². The number of piperidine rings is 1. The third-order valence-electron chi connectivity index (χ3n) is 3.44. The van der Waals surface area contributed by atoms with E-state index in [1.165, 1.54) is 19.3 Å². The molecule has 0 amide bonds. The van der Waals surface area contributed by atoms with Crippen LogP contribution in [-0.4, -0.2) is 24.4 Å². The summed E-state index contributed by atoms with van der Waals surface area (Å²) in [5.74, 6) is 1.70. The van der Waals surface area contributed by atoms with Crippen LogP contribution in [0.4, 0.5) is 5.82 Å². The van der Waals surface area contributed by atoms with Crippen LogP contribution >= 0.6 is 0 Å². The highest BCUT2D eigenvalue weighted by molar-refractivity contribution is 5.82. The molecule has 1 aliphatic rings. The van der Waals surface area contributed by atoms with E-state index in [1.54, 1.807) is 6.20 Å². The third kappa shape index (κ3) is 2.23. The molecule has 0 saturated carbocycles. The van der Waals surface area contributed by atoms with E-state index in [0.29, 0.717) is 5.56 Å². The monoisotopic (exact) mass is 218 g/mol. The van der Waals surface area contributed by atoms with Crippen molar-refractivity contribution in [3.8, 4) is 0 Å². The van der Waals surface area contributed by atoms with Crippen molar-refractivity contribution in [3.05, 3.63) is 23.9 Å². The second-order valence-electron chi connectivity index (χ2n) is 4.37. The molecule has 3 heteroatoms. The van der Waals surface area contributed by atoms with Gasteiger partial charge in [0.15, 0.2) is 6.29 Å². The lowest BCUT2D eigenvalue weighted by Crippen LogP contribution is -2.34. The van der Waals surface area contributed by atoms with Crippen molar-refractivity contribution in [2.75, 3.05) is 18.0 Å². The summed E-state index contributed by atoms with van der Waals surface area (Å²) in [6.45, 7) is 4.30. The number of anilines is 1. The second kappa shape index (κ2) is 5.10. The smallest absolute Gasteiger partial charge is 0.153 e. The zero-order valence-corrected chi connectivity index (χ0v) is 9.72. The molecule has 0 aromatic carbocycles. The van der Waals surface area contributed by atoms with Crippen molar-refractivity contribution in [1.82, 2.24) is 4.98 Å². The molecule has 0 spiro atoms. The van der Waals surface area contributed by atoms with Gasteiger partial charge in [-0.3, -0.25) is 4.79 Å². The number of carbonyl (C=O) groups excluding carboxylic acids is 1. The number of aldehydes is 1. The van der Waals surface area contributed by atoms with Gasteiger partial charge in [0.2, 0.25) is 0 Å². The van der Waals surface area contributed by atoms with E-state index in [0.717, 1.165) is 31.1 Å². The number of aromatic nitrogens is 1. The third-order valence-corrected chi connectivity index (χ3v) is 3.44. The number of pyridine rings is 1. The molecule has 16 heavy (non-hydrogen) atoms. The fourth-order valence-corrected chi connectivity index (χ4v) is 2.32. The first-order chi connectivity index (χ1) is 7.85. The zero-order valence-electron chi connectivity index (χ0n) is 9.72. The van der Waals surface area contributed by atoms with Gasteiger partial charge in [-0.15, -0.1) is 0 Å². The molecule has 0 N–H and O–H groups in total. The SMILES string of the molecule is CCC1CCN(c2ncccc2C=O)CC1. The van der Waals surface area contributed by atoms with Gasteiger partial charge in [0.1, 0.15) is 5.82 Å². The first-order valence-electron chi connectivity index (χ1n) is 6.00. The Balaban J connectivity index is 2.10. The molecule has 1 aromatic heterocycles. The lowest BCUT2D eigenvalue weighted by Gasteiger charge is -2.32. The fraction of sp³-hybridized carbons (Fsp3) is 0.538. The zero-order chi connectivity index (χ0) is 11.4. The quantitative estimate of drug-likeness (QED) is 0.731. The van der Waals surface area contributed by atoms with Crippen LogP contribution in [0.2, 0.25) is 0 Å². The Hall–Kier alpha value is -1.38. The van der Waals surface area contributed by atoms with Crippen molar-refractivity contribution < 1.29 is 4.79 Å². The fourth-order valence-electron chi connectivity index (χ4n) is 2.32. The van der Waals surface area contributed by atoms with Crippen molar-refractivity contribution in [2.24, 2.45) is 5.92 Å². The van der Waals surface area contributed by atoms with E-state index >= 15 is 0 Å². The van der Waals surface area contributed by atoms with Crippen molar-refractivity contribution >= 4 is 12.1 Å². The normalized spacial score (nSPS) is 17.4. The second-order valence-corrected chi connectivity index (χ2v) is 4.37. The van der Waals surface area contributed by atoms with Crippen LogP contribution in [0.3, 0.4) is 0 Å². The highest BCUT2D eigenvalue weighted by Crippen LogP contribution is 2.25. The van der Waals surface area contributed by atoms with Crippen LogP contribution in [0, 0.1) is 5.92 Å². The minimum atomic E-state index is 0.706. The molecular formula is C13H18N2O. The Morgan fingerprint density at radius 3 is 2.88 bits per heavy atom. The van der Waals surface area contributed by atoms with Crippen LogP contribution in [0.15, 0.2) is 18.3 Å². The molecule has 86 valence electrons. The minimum absolute atomic E-state index is 0.706. The summed E-state index contributed by atoms with van der Waals surface area (Å²) in [6.07, 6.45) is 6.34. The molecule has 3 nitrogen and oxygen atoms in total. The van der Waals surface area contributed by atoms with Crippen molar-refractivity contribution in [3.63, 3.8) is 0 Å². The summed E-state index contributed by atoms with van der Waals surface area (Å²) in [7, 11) is 0. The van der Waals surface area contributed by atoms with Crippen LogP contribution in [0.1, 0.15) is 36.5 Å². The Bertz CT molecular complexity index is 357. The van der Waals surface area contributed by atoms with Gasteiger partial charge in [-0.05, 0) is 30.9 Å². The maximum absolute atomic E-state index is 10.9. The van der Waals surface area contributed by atoms with Crippen molar-refractivity contribution in [1.29, 1.82) is 0 Å². The number of hydrogen-bond acceptors (Lipinski definition) is 3. The first-order valence-corrected chi connectivity index (χ1v) is 6.00. The van der Waals surface area contributed by atoms with E-state index in [-0.39, 0.29) is 0 Å². The Kier molecular flexibility index (Phi) is 3.54. The summed E-state index contributed by atoms with van der Waals surface area (Å²) >= 11 is 0. The summed E-state index contributed by atoms with van der Waals surface area (Å²) < 4.78 is 0. The molecule has 0 bridgehead atoms. The molecule has 2 heterocycles. The summed E-state index contributed by atoms with van der Waals surface area (Å²) in [4.78, 5) is 17.5. The maximum atomic E-state index is 10.9. The van der Waals surface area contributed by atoms with E-state index in [4.69, 9.17) is 0 Å². The van der Waals surface area contributed by atoms with Crippen molar-refractivity contribution in [2.45, 2.75) is 26.2 Å². The van der Waals surface area contributed by atoms with Gasteiger partial charge < -0.3 is 4.90 Å². The standard InChI is InChI=1S/C13H18N2O/c1-2-11-5-8-15(9-6-11)13-12(10-16)4-3-7-14-13/h3-4,7,10-11H,2,5-6,8-9H2,1H3. The predicted octanol–water partition coefficient (Wildman–Crippen LogP) is 2.52. The maximum Gasteiger partial charge on any atom is 0.153 e. The molecule has 1 saturated heterocycles. The summed E-state index contributed by atoms with van der Waals surface area (Å²) in [6, 6.07) is 3.65. The number of hydrogen-bond donors (Lipinski definition) is 0. The van der Waals surface area contributed by atoms with E-state index in [2.05, 4.69) is 16.8 Å². The minimum Gasteiger partial charge on any atom is -0.356 e. The van der Waals surface area contributed by atoms with Crippen LogP contribution in [-0.2, 0) is 0 Å². The molecule has 1 fully saturated rings. The molecule has 0 aliphatic carbocycles. The molecule has 1 aromatic rings. The predicted molar refractivity (Wildman–Crippen MR) is 64.9 cm³/mol. The van der Waals surface area contributed by atoms with Gasteiger partial charge in [-0.25, -0.2) is 4.98 Å². The van der Waals surface area contributed by atoms with Crippen LogP contribution in [0.5, 0.6) is 0 Å². The van der Waals surface area contributed by atoms with Gasteiger partial charge in [0.25, 0.3) is 0 Å². The molecular weight excluding hydrogens is 200 g/mol. The number of nitrogens with zero attached hydrogens (tertiary/aromatic N) is 2. The molecule has 0 atom stereocenters. The number of rotatable bonds is 3. The first kappa shape index (κ1) is 11.1. The van der Waals surface area contributed by atoms with Gasteiger partial charge >= 0.3 is 0 Å². The summed E-state index contributed by atoms with van der Waals surface area (Å²) in [5, 5.41) is 0. The molecule has 2 rings (SSSR count). The molecule has 1 aliphatic heterocycles. The van der Waals surface area contributed by atoms with Crippen LogP contribution < -0.4 is 4.90 Å². The highest BCUT2D eigenvalue weighted by atomic mass is 16.1. The molecule has 0 unspecified atom stereocenters. The average molecular weight is 218 g/mol. The topological polar surface area (TPSA) is 33.2 Å². The number of carbonyl (C=O) groups is 1. The average Bonchev–Trinajstić information content (AvgIpc) is 2.39. The van der Waals surface area contributed by atoms with E-state index in [1.807, 2.05) is 12.1 Å². The lowest BCUT2D eigenvalue weighted by atomic mass is 9.94. The van der Waals surface area contributed by atoms with Gasteiger partial charge in [0, 0.05) is 19.3 Å². The lowest BCUT2D eigenvalue weighted by molar-refractivity contribution is 0.112. The molecule has 0 radical (unpaired) electrons.